The van der Waals surface area contributed by atoms with E-state index in [9.17, 15) is 22.4 Å². The Morgan fingerprint density at radius 1 is 1.03 bits per heavy atom. The highest BCUT2D eigenvalue weighted by molar-refractivity contribution is 7.89. The molecule has 2 aromatic rings. The third-order valence-corrected chi connectivity index (χ3v) is 7.00. The number of aryl methyl sites for hydroxylation is 1. The van der Waals surface area contributed by atoms with E-state index in [1.807, 2.05) is 0 Å². The summed E-state index contributed by atoms with van der Waals surface area (Å²) in [7, 11) is -3.61. The van der Waals surface area contributed by atoms with Gasteiger partial charge in [0.2, 0.25) is 10.0 Å². The molecule has 0 aromatic heterocycles. The van der Waals surface area contributed by atoms with Crippen molar-refractivity contribution in [3.05, 3.63) is 59.4 Å². The topological polar surface area (TPSA) is 92.8 Å². The van der Waals surface area contributed by atoms with Gasteiger partial charge in [-0.1, -0.05) is 18.9 Å². The largest absolute Gasteiger partial charge is 0.452 e. The number of nitrogens with one attached hydrogen (secondary N) is 1. The molecule has 166 valence electrons. The molecule has 1 saturated heterocycles. The summed E-state index contributed by atoms with van der Waals surface area (Å²) in [6.07, 6.45) is 3.70. The Hall–Kier alpha value is -2.78. The predicted molar refractivity (Wildman–Crippen MR) is 114 cm³/mol. The number of sulfonamides is 1. The fraction of sp³-hybridized carbons (Fsp3) is 0.364. The summed E-state index contributed by atoms with van der Waals surface area (Å²) in [4.78, 5) is 24.2. The molecular weight excluding hydrogens is 423 g/mol. The maximum Gasteiger partial charge on any atom is 0.338 e. The summed E-state index contributed by atoms with van der Waals surface area (Å²) in [5.41, 5.74) is 0.835. The van der Waals surface area contributed by atoms with E-state index in [4.69, 9.17) is 4.74 Å². The van der Waals surface area contributed by atoms with E-state index < -0.39 is 34.3 Å². The molecule has 9 heteroatoms. The minimum atomic E-state index is -3.61. The Kier molecular flexibility index (Phi) is 7.40. The van der Waals surface area contributed by atoms with Gasteiger partial charge in [0.25, 0.3) is 5.91 Å². The number of carbonyl (C=O) groups excluding carboxylic acids is 2. The Morgan fingerprint density at radius 3 is 2.29 bits per heavy atom. The van der Waals surface area contributed by atoms with Crippen LogP contribution < -0.4 is 5.32 Å². The van der Waals surface area contributed by atoms with E-state index in [0.29, 0.717) is 18.7 Å². The van der Waals surface area contributed by atoms with Crippen molar-refractivity contribution in [1.29, 1.82) is 0 Å². The number of carbonyl (C=O) groups is 2. The second-order valence-electron chi connectivity index (χ2n) is 7.43. The molecule has 1 fully saturated rings. The average molecular weight is 449 g/mol. The number of amides is 1. The number of nitrogens with zero attached hydrogens (tertiary/aromatic N) is 1. The molecule has 0 radical (unpaired) electrons. The average Bonchev–Trinajstić information content (AvgIpc) is 3.05. The van der Waals surface area contributed by atoms with Gasteiger partial charge in [0.05, 0.1) is 10.5 Å². The molecule has 1 N–H and O–H groups in total. The molecular formula is C22H25FN2O5S. The number of esters is 1. The maximum atomic E-state index is 13.5. The normalized spacial score (nSPS) is 15.2. The van der Waals surface area contributed by atoms with Crippen LogP contribution in [0, 0.1) is 12.7 Å². The molecule has 1 amide bonds. The molecule has 1 aliphatic heterocycles. The zero-order valence-corrected chi connectivity index (χ0v) is 18.1. The van der Waals surface area contributed by atoms with Crippen molar-refractivity contribution in [2.45, 2.75) is 37.5 Å². The van der Waals surface area contributed by atoms with Gasteiger partial charge in [0.15, 0.2) is 6.61 Å². The third-order valence-electron chi connectivity index (χ3n) is 5.08. The molecule has 0 bridgehead atoms. The summed E-state index contributed by atoms with van der Waals surface area (Å²) >= 11 is 0. The molecule has 0 spiro atoms. The second-order valence-corrected chi connectivity index (χ2v) is 9.37. The van der Waals surface area contributed by atoms with Crippen LogP contribution in [0.3, 0.4) is 0 Å². The van der Waals surface area contributed by atoms with Crippen LogP contribution >= 0.6 is 0 Å². The van der Waals surface area contributed by atoms with E-state index in [-0.39, 0.29) is 16.1 Å². The Balaban J connectivity index is 1.57. The molecule has 2 aromatic carbocycles. The first-order valence-corrected chi connectivity index (χ1v) is 11.5. The van der Waals surface area contributed by atoms with E-state index >= 15 is 0 Å². The number of benzene rings is 2. The van der Waals surface area contributed by atoms with Gasteiger partial charge in [-0.2, -0.15) is 4.31 Å². The van der Waals surface area contributed by atoms with E-state index in [1.165, 1.54) is 40.7 Å². The van der Waals surface area contributed by atoms with Crippen LogP contribution in [0.4, 0.5) is 10.1 Å². The highest BCUT2D eigenvalue weighted by Gasteiger charge is 2.25. The molecule has 3 rings (SSSR count). The number of hydrogen-bond donors (Lipinski definition) is 1. The van der Waals surface area contributed by atoms with Crippen LogP contribution in [-0.2, 0) is 19.6 Å². The van der Waals surface area contributed by atoms with Crippen molar-refractivity contribution in [1.82, 2.24) is 4.31 Å². The van der Waals surface area contributed by atoms with Crippen molar-refractivity contribution in [2.75, 3.05) is 25.0 Å². The summed E-state index contributed by atoms with van der Waals surface area (Å²) in [5, 5.41) is 2.45. The van der Waals surface area contributed by atoms with Gasteiger partial charge in [-0.3, -0.25) is 4.79 Å². The predicted octanol–water partition coefficient (Wildman–Crippen LogP) is 3.49. The van der Waals surface area contributed by atoms with E-state index in [1.54, 1.807) is 13.0 Å². The van der Waals surface area contributed by atoms with Gasteiger partial charge in [0, 0.05) is 18.8 Å². The van der Waals surface area contributed by atoms with Gasteiger partial charge in [-0.05, 0) is 61.7 Å². The van der Waals surface area contributed by atoms with Gasteiger partial charge >= 0.3 is 5.97 Å². The first-order chi connectivity index (χ1) is 14.8. The molecule has 31 heavy (non-hydrogen) atoms. The zero-order chi connectivity index (χ0) is 22.4. The number of halogens is 1. The van der Waals surface area contributed by atoms with Crippen LogP contribution in [0.2, 0.25) is 0 Å². The minimum absolute atomic E-state index is 0.116. The molecule has 0 aliphatic carbocycles. The van der Waals surface area contributed by atoms with Crippen molar-refractivity contribution in [2.24, 2.45) is 0 Å². The van der Waals surface area contributed by atoms with Crippen molar-refractivity contribution >= 4 is 27.6 Å². The summed E-state index contributed by atoms with van der Waals surface area (Å²) in [6, 6.07) is 9.71. The quantitative estimate of drug-likeness (QED) is 0.683. The van der Waals surface area contributed by atoms with E-state index in [2.05, 4.69) is 5.32 Å². The fourth-order valence-corrected chi connectivity index (χ4v) is 4.79. The standard InChI is InChI=1S/C22H25FN2O5S/c1-16-6-9-18(14-20(16)23)24-21(26)15-30-22(27)17-7-10-19(11-8-17)31(28,29)25-12-4-2-3-5-13-25/h6-11,14H,2-5,12-13,15H2,1H3,(H,24,26). The lowest BCUT2D eigenvalue weighted by molar-refractivity contribution is -0.119. The molecule has 1 heterocycles. The Bertz CT molecular complexity index is 1050. The van der Waals surface area contributed by atoms with Crippen LogP contribution in [0.15, 0.2) is 47.4 Å². The highest BCUT2D eigenvalue weighted by Crippen LogP contribution is 2.21. The monoisotopic (exact) mass is 448 g/mol. The van der Waals surface area contributed by atoms with Crippen LogP contribution in [-0.4, -0.2) is 44.3 Å². The molecule has 0 saturated carbocycles. The van der Waals surface area contributed by atoms with Gasteiger partial charge in [0.1, 0.15) is 5.82 Å². The lowest BCUT2D eigenvalue weighted by Crippen LogP contribution is -2.31. The van der Waals surface area contributed by atoms with Gasteiger partial charge in [-0.25, -0.2) is 17.6 Å². The number of anilines is 1. The van der Waals surface area contributed by atoms with Crippen LogP contribution in [0.1, 0.15) is 41.6 Å². The van der Waals surface area contributed by atoms with Crippen molar-refractivity contribution in [3.63, 3.8) is 0 Å². The Morgan fingerprint density at radius 2 is 1.68 bits per heavy atom. The summed E-state index contributed by atoms with van der Waals surface area (Å²) in [5.74, 6) is -1.83. The van der Waals surface area contributed by atoms with Gasteiger partial charge in [-0.15, -0.1) is 0 Å². The molecule has 0 unspecified atom stereocenters. The SMILES string of the molecule is Cc1ccc(NC(=O)COC(=O)c2ccc(S(=O)(=O)N3CCCCCC3)cc2)cc1F. The smallest absolute Gasteiger partial charge is 0.338 e. The zero-order valence-electron chi connectivity index (χ0n) is 17.3. The molecule has 7 nitrogen and oxygen atoms in total. The van der Waals surface area contributed by atoms with Crippen molar-refractivity contribution < 1.29 is 27.1 Å². The fourth-order valence-electron chi connectivity index (χ4n) is 3.28. The maximum absolute atomic E-state index is 13.5. The highest BCUT2D eigenvalue weighted by atomic mass is 32.2. The Labute approximate surface area is 181 Å². The molecule has 1 aliphatic rings. The van der Waals surface area contributed by atoms with Crippen molar-refractivity contribution in [3.8, 4) is 0 Å². The lowest BCUT2D eigenvalue weighted by atomic mass is 10.2. The lowest BCUT2D eigenvalue weighted by Gasteiger charge is -2.19. The summed E-state index contributed by atoms with van der Waals surface area (Å²) < 4.78 is 45.6. The second kappa shape index (κ2) is 10.0. The van der Waals surface area contributed by atoms with Crippen LogP contribution in [0.25, 0.3) is 0 Å². The first-order valence-electron chi connectivity index (χ1n) is 10.1. The number of ether oxygens (including phenoxy) is 1. The molecule has 0 atom stereocenters. The number of rotatable bonds is 6. The van der Waals surface area contributed by atoms with E-state index in [0.717, 1.165) is 25.7 Å². The van der Waals surface area contributed by atoms with Gasteiger partial charge < -0.3 is 10.1 Å². The summed E-state index contributed by atoms with van der Waals surface area (Å²) in [6.45, 7) is 2.04. The number of hydrogen-bond acceptors (Lipinski definition) is 5. The first kappa shape index (κ1) is 22.9. The third kappa shape index (κ3) is 5.89. The minimum Gasteiger partial charge on any atom is -0.452 e. The van der Waals surface area contributed by atoms with Crippen LogP contribution in [0.5, 0.6) is 0 Å².